The fourth-order valence-electron chi connectivity index (χ4n) is 0.446. The van der Waals surface area contributed by atoms with Crippen LogP contribution in [0.15, 0.2) is 22.9 Å². The predicted molar refractivity (Wildman–Crippen MR) is 43.6 cm³/mol. The van der Waals surface area contributed by atoms with Gasteiger partial charge in [0.15, 0.2) is 6.20 Å². The van der Waals surface area contributed by atoms with Crippen molar-refractivity contribution >= 4 is 38.6 Å². The van der Waals surface area contributed by atoms with Crippen LogP contribution in [0.25, 0.3) is 0 Å². The molecule has 0 saturated carbocycles. The molecular formula is C5H8Br3N2+. The first-order chi connectivity index (χ1) is 3.80. The highest BCUT2D eigenvalue weighted by Gasteiger charge is 1.97. The molecule has 1 aromatic rings. The first kappa shape index (κ1) is 13.2. The number of aromatic amines is 1. The van der Waals surface area contributed by atoms with Crippen LogP contribution >= 0.6 is 32.9 Å². The van der Waals surface area contributed by atoms with E-state index in [4.69, 9.17) is 0 Å². The smallest absolute Gasteiger partial charge is 0.229 e. The summed E-state index contributed by atoms with van der Waals surface area (Å²) in [5, 5.41) is 0. The maximum Gasteiger partial charge on any atom is 0.229 e. The second kappa shape index (κ2) is 6.27. The number of halogens is 3. The lowest BCUT2D eigenvalue weighted by Crippen LogP contribution is -3.00. The molecule has 0 bridgehead atoms. The SMILES string of the molecule is Br.[Br-].[NH3+]c1c[nH+]ccc1Br. The van der Waals surface area contributed by atoms with Crippen LogP contribution in [0.5, 0.6) is 0 Å². The third kappa shape index (κ3) is 3.65. The standard InChI is InChI=1S/C5H5BrN2.2BrH/c6-4-1-2-8-3-5(4)7;;/h1-3H,7H2;2*1H/p+1. The lowest BCUT2D eigenvalue weighted by molar-refractivity contribution is -0.390. The van der Waals surface area contributed by atoms with E-state index in [-0.39, 0.29) is 34.0 Å². The van der Waals surface area contributed by atoms with E-state index in [9.17, 15) is 0 Å². The zero-order valence-electron chi connectivity index (χ0n) is 5.10. The van der Waals surface area contributed by atoms with Crippen LogP contribution in [-0.2, 0) is 0 Å². The van der Waals surface area contributed by atoms with E-state index in [1.807, 2.05) is 18.5 Å². The lowest BCUT2D eigenvalue weighted by atomic mass is 10.4. The quantitative estimate of drug-likeness (QED) is 0.555. The van der Waals surface area contributed by atoms with Gasteiger partial charge in [0.2, 0.25) is 11.9 Å². The van der Waals surface area contributed by atoms with Gasteiger partial charge in [0.1, 0.15) is 0 Å². The van der Waals surface area contributed by atoms with Crippen LogP contribution in [-0.4, -0.2) is 0 Å². The molecule has 0 atom stereocenters. The fourth-order valence-corrected chi connectivity index (χ4v) is 0.693. The molecule has 0 spiro atoms. The first-order valence-electron chi connectivity index (χ1n) is 2.28. The molecule has 1 heterocycles. The van der Waals surface area contributed by atoms with Crippen molar-refractivity contribution in [3.05, 3.63) is 22.9 Å². The Morgan fingerprint density at radius 3 is 2.40 bits per heavy atom. The summed E-state index contributed by atoms with van der Waals surface area (Å²) in [6.45, 7) is 0. The number of quaternary nitrogens is 1. The maximum absolute atomic E-state index is 3.74. The van der Waals surface area contributed by atoms with Crippen molar-refractivity contribution in [3.8, 4) is 0 Å². The minimum atomic E-state index is 0. The van der Waals surface area contributed by atoms with E-state index in [1.54, 1.807) is 0 Å². The van der Waals surface area contributed by atoms with E-state index in [2.05, 4.69) is 26.6 Å². The van der Waals surface area contributed by atoms with Gasteiger partial charge in [0.05, 0.1) is 4.47 Å². The van der Waals surface area contributed by atoms with Gasteiger partial charge in [0, 0.05) is 6.07 Å². The van der Waals surface area contributed by atoms with Gasteiger partial charge in [-0.25, -0.2) is 4.98 Å². The molecule has 0 aromatic carbocycles. The molecule has 0 amide bonds. The fraction of sp³-hybridized carbons (Fsp3) is 0. The van der Waals surface area contributed by atoms with E-state index in [0.29, 0.717) is 0 Å². The molecular weight excluding hydrogens is 328 g/mol. The van der Waals surface area contributed by atoms with Crippen LogP contribution in [0.1, 0.15) is 0 Å². The van der Waals surface area contributed by atoms with Crippen molar-refractivity contribution in [1.29, 1.82) is 0 Å². The lowest BCUT2D eigenvalue weighted by Gasteiger charge is -1.82. The third-order valence-corrected chi connectivity index (χ3v) is 1.66. The summed E-state index contributed by atoms with van der Waals surface area (Å²) in [7, 11) is 0. The summed E-state index contributed by atoms with van der Waals surface area (Å²) < 4.78 is 1.04. The zero-order valence-corrected chi connectivity index (χ0v) is 9.99. The Labute approximate surface area is 88.9 Å². The van der Waals surface area contributed by atoms with Gasteiger partial charge in [-0.15, -0.1) is 17.0 Å². The molecule has 10 heavy (non-hydrogen) atoms. The van der Waals surface area contributed by atoms with Gasteiger partial charge in [-0.3, -0.25) is 0 Å². The Kier molecular flexibility index (Phi) is 8.26. The van der Waals surface area contributed by atoms with Crippen molar-refractivity contribution in [2.45, 2.75) is 0 Å². The number of aromatic nitrogens is 1. The Balaban J connectivity index is 0. The average molecular weight is 336 g/mol. The summed E-state index contributed by atoms with van der Waals surface area (Å²) in [5.74, 6) is 0. The van der Waals surface area contributed by atoms with E-state index in [0.717, 1.165) is 10.2 Å². The van der Waals surface area contributed by atoms with Gasteiger partial charge in [-0.2, -0.15) is 0 Å². The van der Waals surface area contributed by atoms with Gasteiger partial charge < -0.3 is 22.7 Å². The second-order valence-electron chi connectivity index (χ2n) is 1.52. The topological polar surface area (TPSA) is 41.8 Å². The maximum atomic E-state index is 3.74. The van der Waals surface area contributed by atoms with Gasteiger partial charge in [-0.05, 0) is 15.9 Å². The molecule has 0 aliphatic heterocycles. The molecule has 1 aromatic heterocycles. The average Bonchev–Trinajstić information content (AvgIpc) is 1.77. The van der Waals surface area contributed by atoms with Crippen LogP contribution in [0.2, 0.25) is 0 Å². The van der Waals surface area contributed by atoms with Crippen molar-refractivity contribution in [1.82, 2.24) is 0 Å². The van der Waals surface area contributed by atoms with Crippen LogP contribution < -0.4 is 27.7 Å². The normalized spacial score (nSPS) is 7.40. The molecule has 0 saturated heterocycles. The highest BCUT2D eigenvalue weighted by atomic mass is 79.9. The molecule has 0 fully saturated rings. The molecule has 0 aliphatic carbocycles. The number of nitrogens with one attached hydrogen (secondary N) is 1. The molecule has 1 rings (SSSR count). The highest BCUT2D eigenvalue weighted by Crippen LogP contribution is 2.11. The number of hydrogen-bond acceptors (Lipinski definition) is 0. The van der Waals surface area contributed by atoms with Crippen molar-refractivity contribution < 1.29 is 27.7 Å². The minimum Gasteiger partial charge on any atom is -1.00 e. The Morgan fingerprint density at radius 1 is 1.50 bits per heavy atom. The van der Waals surface area contributed by atoms with Crippen molar-refractivity contribution in [2.75, 3.05) is 0 Å². The molecule has 0 aliphatic rings. The molecule has 58 valence electrons. The van der Waals surface area contributed by atoms with Crippen LogP contribution in [0, 0.1) is 0 Å². The summed E-state index contributed by atoms with van der Waals surface area (Å²) in [5.41, 5.74) is 4.72. The first-order valence-corrected chi connectivity index (χ1v) is 3.07. The predicted octanol–water partition coefficient (Wildman–Crippen LogP) is -2.28. The summed E-state index contributed by atoms with van der Waals surface area (Å²) in [6, 6.07) is 1.92. The number of rotatable bonds is 0. The molecule has 0 unspecified atom stereocenters. The van der Waals surface area contributed by atoms with Gasteiger partial charge in [0.25, 0.3) is 0 Å². The van der Waals surface area contributed by atoms with Crippen molar-refractivity contribution in [3.63, 3.8) is 0 Å². The Hall–Kier alpha value is 0.550. The van der Waals surface area contributed by atoms with Crippen LogP contribution in [0.4, 0.5) is 5.69 Å². The second-order valence-corrected chi connectivity index (χ2v) is 2.37. The van der Waals surface area contributed by atoms with E-state index in [1.165, 1.54) is 0 Å². The largest absolute Gasteiger partial charge is 1.00 e. The summed E-state index contributed by atoms with van der Waals surface area (Å²) in [6.07, 6.45) is 3.68. The molecule has 2 nitrogen and oxygen atoms in total. The third-order valence-electron chi connectivity index (χ3n) is 0.890. The van der Waals surface area contributed by atoms with E-state index >= 15 is 0 Å². The zero-order chi connectivity index (χ0) is 5.98. The van der Waals surface area contributed by atoms with E-state index < -0.39 is 0 Å². The number of H-pyrrole nitrogens is 1. The summed E-state index contributed by atoms with van der Waals surface area (Å²) in [4.78, 5) is 2.91. The monoisotopic (exact) mass is 333 g/mol. The minimum absolute atomic E-state index is 0. The number of pyridine rings is 1. The Bertz CT molecular complexity index is 171. The van der Waals surface area contributed by atoms with Gasteiger partial charge >= 0.3 is 0 Å². The van der Waals surface area contributed by atoms with Crippen LogP contribution in [0.3, 0.4) is 0 Å². The molecule has 4 N–H and O–H groups in total. The summed E-state index contributed by atoms with van der Waals surface area (Å²) >= 11 is 3.31. The molecule has 5 heteroatoms. The van der Waals surface area contributed by atoms with Crippen molar-refractivity contribution in [2.24, 2.45) is 0 Å². The Morgan fingerprint density at radius 2 is 2.10 bits per heavy atom. The molecule has 0 radical (unpaired) electrons. The number of hydrogen-bond donors (Lipinski definition) is 1. The van der Waals surface area contributed by atoms with Gasteiger partial charge in [-0.1, -0.05) is 0 Å². The highest BCUT2D eigenvalue weighted by molar-refractivity contribution is 9.10.